The van der Waals surface area contributed by atoms with Gasteiger partial charge in [-0.15, -0.1) is 0 Å². The molecule has 3 atom stereocenters. The van der Waals surface area contributed by atoms with Crippen LogP contribution in [0.15, 0.2) is 0 Å². The standard InChI is InChI=1S/C14H28N2O/c1-3-6-13-9-15-12(2)10-16(13)11-14-7-4-5-8-17-14/h12-15H,3-11H2,1-2H3. The number of rotatable bonds is 4. The average Bonchev–Trinajstić information content (AvgIpc) is 2.34. The summed E-state index contributed by atoms with van der Waals surface area (Å²) in [4.78, 5) is 2.67. The molecule has 2 fully saturated rings. The summed E-state index contributed by atoms with van der Waals surface area (Å²) in [5.41, 5.74) is 0. The lowest BCUT2D eigenvalue weighted by Gasteiger charge is -2.41. The molecule has 100 valence electrons. The summed E-state index contributed by atoms with van der Waals surface area (Å²) in [5.74, 6) is 0. The Morgan fingerprint density at radius 3 is 2.94 bits per heavy atom. The molecule has 0 spiro atoms. The first-order valence-corrected chi connectivity index (χ1v) is 7.38. The summed E-state index contributed by atoms with van der Waals surface area (Å²) in [6.07, 6.45) is 6.96. The van der Waals surface area contributed by atoms with Gasteiger partial charge in [0, 0.05) is 38.3 Å². The Labute approximate surface area is 106 Å². The Balaban J connectivity index is 1.85. The van der Waals surface area contributed by atoms with Gasteiger partial charge in [0.25, 0.3) is 0 Å². The molecule has 0 aliphatic carbocycles. The second kappa shape index (κ2) is 6.72. The highest BCUT2D eigenvalue weighted by molar-refractivity contribution is 4.85. The fraction of sp³-hybridized carbons (Fsp3) is 1.00. The minimum absolute atomic E-state index is 0.494. The van der Waals surface area contributed by atoms with Gasteiger partial charge in [-0.1, -0.05) is 13.3 Å². The van der Waals surface area contributed by atoms with E-state index < -0.39 is 0 Å². The van der Waals surface area contributed by atoms with E-state index in [-0.39, 0.29) is 0 Å². The van der Waals surface area contributed by atoms with Gasteiger partial charge in [-0.3, -0.25) is 4.90 Å². The van der Waals surface area contributed by atoms with E-state index in [4.69, 9.17) is 4.74 Å². The Morgan fingerprint density at radius 2 is 2.24 bits per heavy atom. The van der Waals surface area contributed by atoms with Crippen LogP contribution in [-0.4, -0.2) is 49.3 Å². The molecular formula is C14H28N2O. The molecular weight excluding hydrogens is 212 g/mol. The van der Waals surface area contributed by atoms with E-state index >= 15 is 0 Å². The fourth-order valence-corrected chi connectivity index (χ4v) is 3.09. The quantitative estimate of drug-likeness (QED) is 0.813. The van der Waals surface area contributed by atoms with Crippen LogP contribution in [0.1, 0.15) is 46.0 Å². The summed E-state index contributed by atoms with van der Waals surface area (Å²) in [5, 5.41) is 3.60. The first-order chi connectivity index (χ1) is 8.29. The van der Waals surface area contributed by atoms with Gasteiger partial charge in [0.05, 0.1) is 6.10 Å². The summed E-state index contributed by atoms with van der Waals surface area (Å²) >= 11 is 0. The molecule has 2 rings (SSSR count). The van der Waals surface area contributed by atoms with Crippen LogP contribution in [0.25, 0.3) is 0 Å². The van der Waals surface area contributed by atoms with E-state index in [1.54, 1.807) is 0 Å². The zero-order valence-corrected chi connectivity index (χ0v) is 11.5. The maximum absolute atomic E-state index is 5.88. The van der Waals surface area contributed by atoms with Gasteiger partial charge in [0.1, 0.15) is 0 Å². The summed E-state index contributed by atoms with van der Waals surface area (Å²) in [6, 6.07) is 1.36. The van der Waals surface area contributed by atoms with Crippen LogP contribution >= 0.6 is 0 Å². The molecule has 2 saturated heterocycles. The third kappa shape index (κ3) is 3.94. The first-order valence-electron chi connectivity index (χ1n) is 7.38. The molecule has 0 bridgehead atoms. The summed E-state index contributed by atoms with van der Waals surface area (Å²) in [6.45, 7) is 9.04. The van der Waals surface area contributed by atoms with Gasteiger partial charge in [-0.25, -0.2) is 0 Å². The van der Waals surface area contributed by atoms with Crippen LogP contribution in [0.3, 0.4) is 0 Å². The van der Waals surface area contributed by atoms with Crippen LogP contribution in [0.5, 0.6) is 0 Å². The average molecular weight is 240 g/mol. The molecule has 2 aliphatic heterocycles. The maximum Gasteiger partial charge on any atom is 0.0702 e. The highest BCUT2D eigenvalue weighted by atomic mass is 16.5. The molecule has 2 aliphatic rings. The van der Waals surface area contributed by atoms with E-state index in [1.165, 1.54) is 38.6 Å². The van der Waals surface area contributed by atoms with Crippen molar-refractivity contribution in [2.24, 2.45) is 0 Å². The Hall–Kier alpha value is -0.120. The van der Waals surface area contributed by atoms with E-state index in [0.29, 0.717) is 12.1 Å². The van der Waals surface area contributed by atoms with E-state index in [9.17, 15) is 0 Å². The number of hydrogen-bond donors (Lipinski definition) is 1. The molecule has 3 heteroatoms. The highest BCUT2D eigenvalue weighted by Gasteiger charge is 2.27. The van der Waals surface area contributed by atoms with Crippen LogP contribution in [0, 0.1) is 0 Å². The molecule has 0 aromatic carbocycles. The lowest BCUT2D eigenvalue weighted by Crippen LogP contribution is -2.57. The topological polar surface area (TPSA) is 24.5 Å². The van der Waals surface area contributed by atoms with E-state index in [0.717, 1.165) is 25.7 Å². The van der Waals surface area contributed by atoms with Gasteiger partial charge >= 0.3 is 0 Å². The smallest absolute Gasteiger partial charge is 0.0702 e. The molecule has 0 amide bonds. The molecule has 0 saturated carbocycles. The minimum atomic E-state index is 0.494. The predicted molar refractivity (Wildman–Crippen MR) is 71.3 cm³/mol. The Morgan fingerprint density at radius 1 is 1.35 bits per heavy atom. The fourth-order valence-electron chi connectivity index (χ4n) is 3.09. The number of ether oxygens (including phenoxy) is 1. The van der Waals surface area contributed by atoms with Crippen LogP contribution in [0.4, 0.5) is 0 Å². The van der Waals surface area contributed by atoms with E-state index in [2.05, 4.69) is 24.1 Å². The maximum atomic E-state index is 5.88. The van der Waals surface area contributed by atoms with Gasteiger partial charge in [0.2, 0.25) is 0 Å². The molecule has 0 radical (unpaired) electrons. The number of hydrogen-bond acceptors (Lipinski definition) is 3. The minimum Gasteiger partial charge on any atom is -0.377 e. The van der Waals surface area contributed by atoms with Crippen molar-refractivity contribution in [3.05, 3.63) is 0 Å². The lowest BCUT2D eigenvalue weighted by molar-refractivity contribution is -0.0215. The van der Waals surface area contributed by atoms with Crippen molar-refractivity contribution >= 4 is 0 Å². The number of nitrogens with zero attached hydrogens (tertiary/aromatic N) is 1. The van der Waals surface area contributed by atoms with Gasteiger partial charge in [0.15, 0.2) is 0 Å². The predicted octanol–water partition coefficient (Wildman–Crippen LogP) is 2.02. The van der Waals surface area contributed by atoms with Crippen LogP contribution < -0.4 is 5.32 Å². The molecule has 3 nitrogen and oxygen atoms in total. The largest absolute Gasteiger partial charge is 0.377 e. The molecule has 0 aromatic heterocycles. The summed E-state index contributed by atoms with van der Waals surface area (Å²) < 4.78 is 5.88. The lowest BCUT2D eigenvalue weighted by atomic mass is 10.0. The third-order valence-corrected chi connectivity index (χ3v) is 4.06. The van der Waals surface area contributed by atoms with Crippen molar-refractivity contribution in [3.63, 3.8) is 0 Å². The van der Waals surface area contributed by atoms with Crippen molar-refractivity contribution in [2.45, 2.75) is 64.1 Å². The zero-order valence-electron chi connectivity index (χ0n) is 11.5. The monoisotopic (exact) mass is 240 g/mol. The first kappa shape index (κ1) is 13.3. The van der Waals surface area contributed by atoms with Crippen molar-refractivity contribution in [2.75, 3.05) is 26.2 Å². The number of nitrogens with one attached hydrogen (secondary N) is 1. The van der Waals surface area contributed by atoms with Crippen molar-refractivity contribution in [1.82, 2.24) is 10.2 Å². The Bertz CT molecular complexity index is 216. The molecule has 1 N–H and O–H groups in total. The summed E-state index contributed by atoms with van der Waals surface area (Å²) in [7, 11) is 0. The SMILES string of the molecule is CCCC1CNC(C)CN1CC1CCCCO1. The Kier molecular flexibility index (Phi) is 5.26. The van der Waals surface area contributed by atoms with Crippen molar-refractivity contribution in [1.29, 1.82) is 0 Å². The molecule has 17 heavy (non-hydrogen) atoms. The van der Waals surface area contributed by atoms with Crippen molar-refractivity contribution in [3.8, 4) is 0 Å². The van der Waals surface area contributed by atoms with Crippen molar-refractivity contribution < 1.29 is 4.74 Å². The third-order valence-electron chi connectivity index (χ3n) is 4.06. The number of piperazine rings is 1. The highest BCUT2D eigenvalue weighted by Crippen LogP contribution is 2.18. The molecule has 3 unspecified atom stereocenters. The molecule has 2 heterocycles. The zero-order chi connectivity index (χ0) is 12.1. The van der Waals surface area contributed by atoms with Gasteiger partial charge in [-0.05, 0) is 32.6 Å². The van der Waals surface area contributed by atoms with Gasteiger partial charge in [-0.2, -0.15) is 0 Å². The molecule has 0 aromatic rings. The second-order valence-electron chi connectivity index (χ2n) is 5.69. The normalized spacial score (nSPS) is 36.0. The van der Waals surface area contributed by atoms with Crippen LogP contribution in [0.2, 0.25) is 0 Å². The van der Waals surface area contributed by atoms with E-state index in [1.807, 2.05) is 0 Å². The van der Waals surface area contributed by atoms with Crippen LogP contribution in [-0.2, 0) is 4.74 Å². The second-order valence-corrected chi connectivity index (χ2v) is 5.69. The van der Waals surface area contributed by atoms with Gasteiger partial charge < -0.3 is 10.1 Å².